The lowest BCUT2D eigenvalue weighted by Gasteiger charge is -2.29. The fourth-order valence-electron chi connectivity index (χ4n) is 5.22. The summed E-state index contributed by atoms with van der Waals surface area (Å²) in [6, 6.07) is 6.53. The Kier molecular flexibility index (Phi) is 6.38. The van der Waals surface area contributed by atoms with E-state index in [9.17, 15) is 18.4 Å². The summed E-state index contributed by atoms with van der Waals surface area (Å²) in [6.07, 6.45) is 2.48. The molecule has 38 heavy (non-hydrogen) atoms. The van der Waals surface area contributed by atoms with Crippen LogP contribution in [0.25, 0.3) is 27.6 Å². The Morgan fingerprint density at radius 3 is 2.92 bits per heavy atom. The van der Waals surface area contributed by atoms with Gasteiger partial charge in [0.05, 0.1) is 23.1 Å². The molecule has 2 aliphatic rings. The number of aromatic nitrogens is 5. The average Bonchev–Trinajstić information content (AvgIpc) is 3.51. The highest BCUT2D eigenvalue weighted by Crippen LogP contribution is 2.33. The monoisotopic (exact) mass is 584 g/mol. The molecular weight excluding hydrogens is 562 g/mol. The molecule has 1 aliphatic carbocycles. The number of anilines is 1. The summed E-state index contributed by atoms with van der Waals surface area (Å²) in [5, 5.41) is 11.7. The van der Waals surface area contributed by atoms with Gasteiger partial charge >= 0.3 is 0 Å². The van der Waals surface area contributed by atoms with Gasteiger partial charge in [-0.1, -0.05) is 6.07 Å². The highest BCUT2D eigenvalue weighted by Gasteiger charge is 2.34. The van der Waals surface area contributed by atoms with Crippen molar-refractivity contribution in [3.63, 3.8) is 0 Å². The van der Waals surface area contributed by atoms with Crippen LogP contribution in [0.2, 0.25) is 0 Å². The maximum atomic E-state index is 13.9. The summed E-state index contributed by atoms with van der Waals surface area (Å²) in [4.78, 5) is 39.4. The van der Waals surface area contributed by atoms with Gasteiger partial charge in [0, 0.05) is 48.4 Å². The van der Waals surface area contributed by atoms with Crippen LogP contribution in [-0.2, 0) is 9.59 Å². The average molecular weight is 585 g/mol. The molecule has 0 spiro atoms. The molecule has 4 heterocycles. The van der Waals surface area contributed by atoms with Gasteiger partial charge in [-0.05, 0) is 53.4 Å². The van der Waals surface area contributed by atoms with Gasteiger partial charge < -0.3 is 15.5 Å². The Morgan fingerprint density at radius 1 is 1.24 bits per heavy atom. The van der Waals surface area contributed by atoms with Gasteiger partial charge in [-0.2, -0.15) is 10.1 Å². The van der Waals surface area contributed by atoms with E-state index in [0.29, 0.717) is 58.6 Å². The van der Waals surface area contributed by atoms with Gasteiger partial charge in [0.2, 0.25) is 17.8 Å². The van der Waals surface area contributed by atoms with Crippen molar-refractivity contribution in [2.24, 2.45) is 5.92 Å². The van der Waals surface area contributed by atoms with E-state index >= 15 is 0 Å². The molecule has 1 aliphatic heterocycles. The van der Waals surface area contributed by atoms with E-state index < -0.39 is 6.43 Å². The zero-order chi connectivity index (χ0) is 26.4. The van der Waals surface area contributed by atoms with Crippen molar-refractivity contribution in [2.75, 3.05) is 25.0 Å². The molecule has 1 saturated carbocycles. The quantitative estimate of drug-likeness (QED) is 0.368. The molecule has 196 valence electrons. The van der Waals surface area contributed by atoms with Crippen molar-refractivity contribution < 1.29 is 18.4 Å². The zero-order valence-electron chi connectivity index (χ0n) is 20.1. The van der Waals surface area contributed by atoms with Crippen molar-refractivity contribution in [1.29, 1.82) is 0 Å². The van der Waals surface area contributed by atoms with Gasteiger partial charge in [0.15, 0.2) is 5.65 Å². The van der Waals surface area contributed by atoms with E-state index in [0.717, 1.165) is 6.42 Å². The van der Waals surface area contributed by atoms with E-state index in [2.05, 4.69) is 46.6 Å². The molecule has 6 rings (SSSR count). The van der Waals surface area contributed by atoms with Gasteiger partial charge in [0.25, 0.3) is 6.43 Å². The van der Waals surface area contributed by atoms with Crippen molar-refractivity contribution >= 4 is 55.6 Å². The number of alkyl halides is 2. The number of benzene rings is 1. The fraction of sp³-hybridized carbons (Fsp3) is 0.360. The first-order valence-corrected chi connectivity index (χ1v) is 13.1. The molecule has 1 aromatic carbocycles. The fourth-order valence-corrected chi connectivity index (χ4v) is 5.65. The SMILES string of the molecule is O=C1CN(C(=O)[C@@H]2CC[C@@H](Nc3ncc4c(Br)nn(-c5cc(C(F)F)c6ncccc6c5)c4n3)C2)CCN1. The van der Waals surface area contributed by atoms with E-state index in [1.807, 2.05) is 0 Å². The topological polar surface area (TPSA) is 118 Å². The van der Waals surface area contributed by atoms with Crippen LogP contribution in [0.4, 0.5) is 14.7 Å². The third kappa shape index (κ3) is 4.55. The maximum absolute atomic E-state index is 13.9. The molecule has 13 heteroatoms. The van der Waals surface area contributed by atoms with Crippen LogP contribution in [0.5, 0.6) is 0 Å². The zero-order valence-corrected chi connectivity index (χ0v) is 21.7. The van der Waals surface area contributed by atoms with Crippen molar-refractivity contribution in [3.8, 4) is 5.69 Å². The van der Waals surface area contributed by atoms with Gasteiger partial charge in [-0.25, -0.2) is 18.4 Å². The standard InChI is InChI=1S/C25H23BrF2N8O2/c26-21-18-11-31-25(32-15-4-3-14(8-15)24(38)35-7-6-29-19(37)12-35)33-23(18)36(34-21)16-9-13-2-1-5-30-20(13)17(10-16)22(27)28/h1-2,5,9-11,14-15,22H,3-4,6-8,12H2,(H,29,37)(H,31,32,33)/t14-,15-/m1/s1. The molecule has 3 aromatic heterocycles. The number of rotatable bonds is 5. The number of carbonyl (C=O) groups excluding carboxylic acids is 2. The van der Waals surface area contributed by atoms with Gasteiger partial charge in [-0.3, -0.25) is 14.6 Å². The number of carbonyl (C=O) groups is 2. The Balaban J connectivity index is 1.26. The first-order valence-electron chi connectivity index (χ1n) is 12.3. The highest BCUT2D eigenvalue weighted by atomic mass is 79.9. The number of nitrogens with one attached hydrogen (secondary N) is 2. The lowest BCUT2D eigenvalue weighted by Crippen LogP contribution is -2.51. The molecule has 2 N–H and O–H groups in total. The van der Waals surface area contributed by atoms with Crippen molar-refractivity contribution in [3.05, 3.63) is 46.8 Å². The predicted octanol–water partition coefficient (Wildman–Crippen LogP) is 3.60. The number of hydrogen-bond acceptors (Lipinski definition) is 7. The van der Waals surface area contributed by atoms with E-state index in [-0.39, 0.29) is 41.4 Å². The number of pyridine rings is 1. The maximum Gasteiger partial charge on any atom is 0.266 e. The number of fused-ring (bicyclic) bond motifs is 2. The molecule has 2 atom stereocenters. The first kappa shape index (κ1) is 24.6. The number of amides is 2. The van der Waals surface area contributed by atoms with Gasteiger partial charge in [0.1, 0.15) is 4.60 Å². The molecular formula is C25H23BrF2N8O2. The number of piperazine rings is 1. The number of nitrogens with zero attached hydrogens (tertiary/aromatic N) is 6. The second-order valence-electron chi connectivity index (χ2n) is 9.51. The molecule has 0 bridgehead atoms. The Bertz CT molecular complexity index is 1560. The third-order valence-electron chi connectivity index (χ3n) is 7.04. The van der Waals surface area contributed by atoms with E-state index in [1.165, 1.54) is 16.9 Å². The van der Waals surface area contributed by atoms with Crippen molar-refractivity contribution in [1.82, 2.24) is 34.9 Å². The van der Waals surface area contributed by atoms with Crippen LogP contribution in [0.3, 0.4) is 0 Å². The van der Waals surface area contributed by atoms with E-state index in [4.69, 9.17) is 0 Å². The minimum Gasteiger partial charge on any atom is -0.353 e. The summed E-state index contributed by atoms with van der Waals surface area (Å²) in [5.41, 5.74) is 0.938. The van der Waals surface area contributed by atoms with Crippen LogP contribution in [-0.4, -0.2) is 67.1 Å². The van der Waals surface area contributed by atoms with Crippen LogP contribution in [0.1, 0.15) is 31.3 Å². The highest BCUT2D eigenvalue weighted by molar-refractivity contribution is 9.10. The van der Waals surface area contributed by atoms with Crippen LogP contribution in [0, 0.1) is 5.92 Å². The smallest absolute Gasteiger partial charge is 0.266 e. The summed E-state index contributed by atoms with van der Waals surface area (Å²) in [7, 11) is 0. The molecule has 10 nitrogen and oxygen atoms in total. The second kappa shape index (κ2) is 9.86. The van der Waals surface area contributed by atoms with E-state index in [1.54, 1.807) is 29.3 Å². The molecule has 4 aromatic rings. The van der Waals surface area contributed by atoms with Crippen LogP contribution < -0.4 is 10.6 Å². The normalized spacial score (nSPS) is 19.9. The van der Waals surface area contributed by atoms with Gasteiger partial charge in [-0.15, -0.1) is 0 Å². The predicted molar refractivity (Wildman–Crippen MR) is 139 cm³/mol. The lowest BCUT2D eigenvalue weighted by molar-refractivity contribution is -0.141. The lowest BCUT2D eigenvalue weighted by atomic mass is 10.1. The Hall–Kier alpha value is -3.74. The first-order chi connectivity index (χ1) is 18.4. The third-order valence-corrected chi connectivity index (χ3v) is 7.63. The summed E-state index contributed by atoms with van der Waals surface area (Å²) >= 11 is 3.43. The van der Waals surface area contributed by atoms with Crippen LogP contribution >= 0.6 is 15.9 Å². The molecule has 0 unspecified atom stereocenters. The largest absolute Gasteiger partial charge is 0.353 e. The summed E-state index contributed by atoms with van der Waals surface area (Å²) < 4.78 is 29.7. The minimum absolute atomic E-state index is 0.00292. The molecule has 0 radical (unpaired) electrons. The minimum atomic E-state index is -2.71. The number of halogens is 3. The molecule has 2 fully saturated rings. The van der Waals surface area contributed by atoms with Crippen LogP contribution in [0.15, 0.2) is 41.3 Å². The summed E-state index contributed by atoms with van der Waals surface area (Å²) in [6.45, 7) is 1.10. The Morgan fingerprint density at radius 2 is 2.11 bits per heavy atom. The molecule has 1 saturated heterocycles. The van der Waals surface area contributed by atoms with Crippen molar-refractivity contribution in [2.45, 2.75) is 31.7 Å². The summed E-state index contributed by atoms with van der Waals surface area (Å²) in [5.74, 6) is 0.0622. The number of hydrogen-bond donors (Lipinski definition) is 2. The second-order valence-corrected chi connectivity index (χ2v) is 10.3. The Labute approximate surface area is 224 Å². The molecule has 2 amide bonds.